The Morgan fingerprint density at radius 3 is 2.72 bits per heavy atom. The fourth-order valence-electron chi connectivity index (χ4n) is 1.61. The lowest BCUT2D eigenvalue weighted by Gasteiger charge is -2.23. The summed E-state index contributed by atoms with van der Waals surface area (Å²) < 4.78 is 10.3. The second-order valence-electron chi connectivity index (χ2n) is 4.49. The van der Waals surface area contributed by atoms with Crippen LogP contribution in [-0.4, -0.2) is 55.1 Å². The van der Waals surface area contributed by atoms with E-state index in [1.54, 1.807) is 0 Å². The van der Waals surface area contributed by atoms with Crippen LogP contribution in [0.15, 0.2) is 0 Å². The Morgan fingerprint density at radius 1 is 1.50 bits per heavy atom. The van der Waals surface area contributed by atoms with E-state index in [9.17, 15) is 9.59 Å². The van der Waals surface area contributed by atoms with E-state index >= 15 is 0 Å². The molecule has 1 fully saturated rings. The molecule has 2 amide bonds. The van der Waals surface area contributed by atoms with Crippen LogP contribution in [0, 0.1) is 0 Å². The van der Waals surface area contributed by atoms with Gasteiger partial charge in [0.05, 0.1) is 19.3 Å². The van der Waals surface area contributed by atoms with Gasteiger partial charge in [-0.25, -0.2) is 9.59 Å². The van der Waals surface area contributed by atoms with Crippen LogP contribution in [0.3, 0.4) is 0 Å². The fourth-order valence-corrected chi connectivity index (χ4v) is 1.61. The van der Waals surface area contributed by atoms with Gasteiger partial charge in [0.15, 0.2) is 5.54 Å². The molecule has 0 spiro atoms. The Labute approximate surface area is 106 Å². The zero-order chi connectivity index (χ0) is 13.6. The smallest absolute Gasteiger partial charge is 0.332 e. The second kappa shape index (κ2) is 6.55. The molecular formula is C11H20N2O5. The number of rotatable bonds is 6. The molecule has 0 aliphatic carbocycles. The molecule has 104 valence electrons. The van der Waals surface area contributed by atoms with E-state index in [-0.39, 0.29) is 19.1 Å². The zero-order valence-corrected chi connectivity index (χ0v) is 10.7. The lowest BCUT2D eigenvalue weighted by molar-refractivity contribution is -0.144. The first-order valence-corrected chi connectivity index (χ1v) is 5.95. The van der Waals surface area contributed by atoms with Crippen molar-refractivity contribution in [2.75, 3.05) is 26.4 Å². The van der Waals surface area contributed by atoms with E-state index in [1.165, 1.54) is 0 Å². The number of hydrogen-bond acceptors (Lipinski definition) is 4. The van der Waals surface area contributed by atoms with Gasteiger partial charge >= 0.3 is 12.0 Å². The third-order valence-electron chi connectivity index (χ3n) is 2.62. The molecule has 0 aromatic rings. The van der Waals surface area contributed by atoms with Crippen molar-refractivity contribution in [1.82, 2.24) is 10.6 Å². The van der Waals surface area contributed by atoms with Crippen LogP contribution in [0.1, 0.15) is 20.3 Å². The Morgan fingerprint density at radius 2 is 2.22 bits per heavy atom. The van der Waals surface area contributed by atoms with Gasteiger partial charge in [0.2, 0.25) is 0 Å². The molecule has 1 heterocycles. The number of carboxylic acids is 1. The Hall–Kier alpha value is -1.34. The standard InChI is InChI=1S/C11H20N2O5/c1-8(2)18-6-4-12-10(16)13-11(9(14)15)3-5-17-7-11/h8H,3-7H2,1-2H3,(H,14,15)(H2,12,13,16). The van der Waals surface area contributed by atoms with Crippen molar-refractivity contribution >= 4 is 12.0 Å². The summed E-state index contributed by atoms with van der Waals surface area (Å²) in [5, 5.41) is 14.1. The highest BCUT2D eigenvalue weighted by Crippen LogP contribution is 2.18. The van der Waals surface area contributed by atoms with Gasteiger partial charge in [-0.2, -0.15) is 0 Å². The number of carbonyl (C=O) groups is 2. The van der Waals surface area contributed by atoms with E-state index in [0.29, 0.717) is 19.8 Å². The van der Waals surface area contributed by atoms with Crippen LogP contribution in [0.25, 0.3) is 0 Å². The third kappa shape index (κ3) is 4.15. The molecule has 0 aromatic carbocycles. The van der Waals surface area contributed by atoms with E-state index in [0.717, 1.165) is 0 Å². The van der Waals surface area contributed by atoms with Crippen molar-refractivity contribution in [3.63, 3.8) is 0 Å². The molecule has 1 unspecified atom stereocenters. The second-order valence-corrected chi connectivity index (χ2v) is 4.49. The van der Waals surface area contributed by atoms with Gasteiger partial charge in [-0.15, -0.1) is 0 Å². The van der Waals surface area contributed by atoms with Crippen molar-refractivity contribution in [1.29, 1.82) is 0 Å². The van der Waals surface area contributed by atoms with Crippen LogP contribution >= 0.6 is 0 Å². The average Bonchev–Trinajstić information content (AvgIpc) is 2.74. The van der Waals surface area contributed by atoms with Crippen LogP contribution < -0.4 is 10.6 Å². The SMILES string of the molecule is CC(C)OCCNC(=O)NC1(C(=O)O)CCOC1. The highest BCUT2D eigenvalue weighted by Gasteiger charge is 2.43. The molecule has 0 saturated carbocycles. The summed E-state index contributed by atoms with van der Waals surface area (Å²) in [7, 11) is 0. The minimum Gasteiger partial charge on any atom is -0.479 e. The first-order chi connectivity index (χ1) is 8.46. The molecule has 3 N–H and O–H groups in total. The largest absolute Gasteiger partial charge is 0.479 e. The van der Waals surface area contributed by atoms with E-state index in [2.05, 4.69) is 10.6 Å². The van der Waals surface area contributed by atoms with Gasteiger partial charge < -0.3 is 25.2 Å². The van der Waals surface area contributed by atoms with Gasteiger partial charge in [-0.05, 0) is 13.8 Å². The summed E-state index contributed by atoms with van der Waals surface area (Å²) in [4.78, 5) is 22.7. The summed E-state index contributed by atoms with van der Waals surface area (Å²) in [6, 6.07) is -0.518. The molecule has 1 saturated heterocycles. The number of carboxylic acid groups (broad SMARTS) is 1. The molecule has 7 nitrogen and oxygen atoms in total. The van der Waals surface area contributed by atoms with Crippen molar-refractivity contribution in [2.45, 2.75) is 31.9 Å². The van der Waals surface area contributed by atoms with Crippen LogP contribution in [0.5, 0.6) is 0 Å². The number of hydrogen-bond donors (Lipinski definition) is 3. The van der Waals surface area contributed by atoms with E-state index in [4.69, 9.17) is 14.6 Å². The van der Waals surface area contributed by atoms with Crippen LogP contribution in [0.4, 0.5) is 4.79 Å². The number of urea groups is 1. The predicted octanol–water partition coefficient (Wildman–Crippen LogP) is -0.0457. The number of ether oxygens (including phenoxy) is 2. The van der Waals surface area contributed by atoms with Crippen molar-refractivity contribution in [2.24, 2.45) is 0 Å². The zero-order valence-electron chi connectivity index (χ0n) is 10.7. The maximum absolute atomic E-state index is 11.6. The van der Waals surface area contributed by atoms with Gasteiger partial charge in [0, 0.05) is 19.6 Å². The van der Waals surface area contributed by atoms with Gasteiger partial charge in [0.25, 0.3) is 0 Å². The van der Waals surface area contributed by atoms with Crippen molar-refractivity contribution in [3.8, 4) is 0 Å². The lowest BCUT2D eigenvalue weighted by Crippen LogP contribution is -2.58. The highest BCUT2D eigenvalue weighted by molar-refractivity contribution is 5.86. The van der Waals surface area contributed by atoms with E-state index < -0.39 is 17.5 Å². The molecule has 1 atom stereocenters. The summed E-state index contributed by atoms with van der Waals surface area (Å²) in [5.74, 6) is -1.08. The van der Waals surface area contributed by atoms with Crippen molar-refractivity contribution in [3.05, 3.63) is 0 Å². The Bertz CT molecular complexity index is 300. The highest BCUT2D eigenvalue weighted by atomic mass is 16.5. The minimum absolute atomic E-state index is 0.00174. The summed E-state index contributed by atoms with van der Waals surface area (Å²) in [5.41, 5.74) is -1.30. The maximum atomic E-state index is 11.6. The predicted molar refractivity (Wildman–Crippen MR) is 63.4 cm³/mol. The quantitative estimate of drug-likeness (QED) is 0.582. The molecule has 1 rings (SSSR count). The number of amides is 2. The average molecular weight is 260 g/mol. The first kappa shape index (κ1) is 14.7. The molecule has 7 heteroatoms. The van der Waals surface area contributed by atoms with Gasteiger partial charge in [-0.3, -0.25) is 0 Å². The first-order valence-electron chi connectivity index (χ1n) is 5.95. The normalized spacial score (nSPS) is 23.1. The topological polar surface area (TPSA) is 96.9 Å². The Kier molecular flexibility index (Phi) is 5.36. The van der Waals surface area contributed by atoms with Gasteiger partial charge in [0.1, 0.15) is 0 Å². The van der Waals surface area contributed by atoms with Crippen molar-refractivity contribution < 1.29 is 24.2 Å². The third-order valence-corrected chi connectivity index (χ3v) is 2.62. The molecule has 1 aliphatic rings. The minimum atomic E-state index is -1.30. The molecule has 1 aliphatic heterocycles. The molecular weight excluding hydrogens is 240 g/mol. The lowest BCUT2D eigenvalue weighted by atomic mass is 9.99. The maximum Gasteiger partial charge on any atom is 0.332 e. The molecule has 0 aromatic heterocycles. The number of nitrogens with one attached hydrogen (secondary N) is 2. The van der Waals surface area contributed by atoms with Crippen LogP contribution in [0.2, 0.25) is 0 Å². The summed E-state index contributed by atoms with van der Waals surface area (Å²) in [6.07, 6.45) is 0.376. The summed E-state index contributed by atoms with van der Waals surface area (Å²) in [6.45, 7) is 4.86. The van der Waals surface area contributed by atoms with Crippen LogP contribution in [-0.2, 0) is 14.3 Å². The Balaban J connectivity index is 2.32. The van der Waals surface area contributed by atoms with Gasteiger partial charge in [-0.1, -0.05) is 0 Å². The number of aliphatic carboxylic acids is 1. The molecule has 0 radical (unpaired) electrons. The number of carbonyl (C=O) groups excluding carboxylic acids is 1. The van der Waals surface area contributed by atoms with E-state index in [1.807, 2.05) is 13.8 Å². The fraction of sp³-hybridized carbons (Fsp3) is 0.818. The molecule has 0 bridgehead atoms. The summed E-state index contributed by atoms with van der Waals surface area (Å²) >= 11 is 0. The monoisotopic (exact) mass is 260 g/mol. The molecule has 18 heavy (non-hydrogen) atoms.